The summed E-state index contributed by atoms with van der Waals surface area (Å²) in [6, 6.07) is 11.2. The molecule has 5 rings (SSSR count). The predicted molar refractivity (Wildman–Crippen MR) is 130 cm³/mol. The molecule has 0 spiro atoms. The number of nitrogens with one attached hydrogen (secondary N) is 2. The number of anilines is 3. The van der Waals surface area contributed by atoms with E-state index in [0.717, 1.165) is 19.4 Å². The molecule has 3 aromatic heterocycles. The fourth-order valence-electron chi connectivity index (χ4n) is 3.83. The maximum absolute atomic E-state index is 12.9. The van der Waals surface area contributed by atoms with Crippen LogP contribution in [0.1, 0.15) is 12.8 Å². The number of benzene rings is 1. The molecule has 4 aromatic rings. The second-order valence-corrected chi connectivity index (χ2v) is 9.75. The quantitative estimate of drug-likeness (QED) is 0.376. The summed E-state index contributed by atoms with van der Waals surface area (Å²) in [6.45, 7) is 1.27. The lowest BCUT2D eigenvalue weighted by atomic mass is 9.97. The number of hydrogen-bond donors (Lipinski definition) is 2. The number of carbonyl (C=O) groups excluding carboxylic acids is 1. The van der Waals surface area contributed by atoms with Gasteiger partial charge in [-0.25, -0.2) is 32.8 Å². The standard InChI is InChI=1S/C22H22N10O3S/c33-21(27-17-4-6-18(7-5-17)36(34,35)30-22-24-10-2-11-25-22)16-3-1-12-31(13-16)19-8-9-20(29-28-19)32-15-23-14-26-32/h2,4-11,14-16H,1,3,12-13H2,(H,27,33)(H,24,25,30). The Labute approximate surface area is 206 Å². The topological polar surface area (TPSA) is 161 Å². The summed E-state index contributed by atoms with van der Waals surface area (Å²) in [6.07, 6.45) is 7.41. The maximum Gasteiger partial charge on any atom is 0.264 e. The Morgan fingerprint density at radius 1 is 1.00 bits per heavy atom. The van der Waals surface area contributed by atoms with E-state index < -0.39 is 10.0 Å². The molecule has 1 unspecified atom stereocenters. The Morgan fingerprint density at radius 2 is 1.75 bits per heavy atom. The Kier molecular flexibility index (Phi) is 6.49. The molecule has 0 aliphatic carbocycles. The van der Waals surface area contributed by atoms with Crippen LogP contribution in [0.3, 0.4) is 0 Å². The molecule has 1 aromatic carbocycles. The number of sulfonamides is 1. The highest BCUT2D eigenvalue weighted by molar-refractivity contribution is 7.92. The van der Waals surface area contributed by atoms with Gasteiger partial charge in [-0.1, -0.05) is 0 Å². The van der Waals surface area contributed by atoms with Gasteiger partial charge in [0.05, 0.1) is 10.8 Å². The molecule has 1 aliphatic rings. The first-order valence-corrected chi connectivity index (χ1v) is 12.6. The van der Waals surface area contributed by atoms with Crippen LogP contribution in [0.4, 0.5) is 17.5 Å². The first-order valence-electron chi connectivity index (χ1n) is 11.1. The van der Waals surface area contributed by atoms with E-state index in [1.165, 1.54) is 35.5 Å². The summed E-state index contributed by atoms with van der Waals surface area (Å²) < 4.78 is 28.9. The zero-order valence-corrected chi connectivity index (χ0v) is 19.8. The third-order valence-electron chi connectivity index (χ3n) is 5.63. The molecule has 1 amide bonds. The van der Waals surface area contributed by atoms with Crippen LogP contribution < -0.4 is 14.9 Å². The average Bonchev–Trinajstić information content (AvgIpc) is 3.45. The van der Waals surface area contributed by atoms with Gasteiger partial charge in [0, 0.05) is 31.2 Å². The van der Waals surface area contributed by atoms with Crippen LogP contribution in [0.5, 0.6) is 0 Å². The molecule has 1 atom stereocenters. The van der Waals surface area contributed by atoms with Crippen molar-refractivity contribution in [3.8, 4) is 5.82 Å². The smallest absolute Gasteiger partial charge is 0.264 e. The summed E-state index contributed by atoms with van der Waals surface area (Å²) >= 11 is 0. The SMILES string of the molecule is O=C(Nc1ccc(S(=O)(=O)Nc2ncccn2)cc1)C1CCCN(c2ccc(-n3cncn3)nn2)C1. The van der Waals surface area contributed by atoms with E-state index in [2.05, 4.69) is 40.3 Å². The van der Waals surface area contributed by atoms with E-state index in [9.17, 15) is 13.2 Å². The van der Waals surface area contributed by atoms with Crippen LogP contribution in [0.15, 0.2) is 72.4 Å². The fourth-order valence-corrected chi connectivity index (χ4v) is 4.79. The molecule has 14 heteroatoms. The van der Waals surface area contributed by atoms with Crippen LogP contribution in [0.25, 0.3) is 5.82 Å². The minimum absolute atomic E-state index is 0.0190. The van der Waals surface area contributed by atoms with Crippen molar-refractivity contribution >= 4 is 33.4 Å². The van der Waals surface area contributed by atoms with Crippen molar-refractivity contribution < 1.29 is 13.2 Å². The maximum atomic E-state index is 12.9. The van der Waals surface area contributed by atoms with Crippen molar-refractivity contribution in [2.45, 2.75) is 17.7 Å². The molecular weight excluding hydrogens is 484 g/mol. The van der Waals surface area contributed by atoms with E-state index in [0.29, 0.717) is 23.9 Å². The molecular formula is C22H22N10O3S. The number of amides is 1. The molecule has 0 bridgehead atoms. The summed E-state index contributed by atoms with van der Waals surface area (Å²) in [4.78, 5) is 26.6. The third-order valence-corrected chi connectivity index (χ3v) is 6.97. The molecule has 0 radical (unpaired) electrons. The Balaban J connectivity index is 1.20. The van der Waals surface area contributed by atoms with Crippen LogP contribution in [0, 0.1) is 5.92 Å². The van der Waals surface area contributed by atoms with Crippen molar-refractivity contribution in [1.82, 2.24) is 34.9 Å². The van der Waals surface area contributed by atoms with E-state index in [1.807, 2.05) is 11.0 Å². The summed E-state index contributed by atoms with van der Waals surface area (Å²) in [5.41, 5.74) is 0.504. The Bertz CT molecular complexity index is 1410. The lowest BCUT2D eigenvalue weighted by molar-refractivity contribution is -0.120. The van der Waals surface area contributed by atoms with Crippen LogP contribution in [-0.4, -0.2) is 62.3 Å². The van der Waals surface area contributed by atoms with Gasteiger partial charge in [0.1, 0.15) is 12.7 Å². The highest BCUT2D eigenvalue weighted by atomic mass is 32.2. The third kappa shape index (κ3) is 5.27. The minimum Gasteiger partial charge on any atom is -0.354 e. The van der Waals surface area contributed by atoms with E-state index >= 15 is 0 Å². The molecule has 0 saturated carbocycles. The van der Waals surface area contributed by atoms with Gasteiger partial charge in [-0.05, 0) is 55.3 Å². The molecule has 1 saturated heterocycles. The summed E-state index contributed by atoms with van der Waals surface area (Å²) in [5.74, 6) is 0.823. The highest BCUT2D eigenvalue weighted by Crippen LogP contribution is 2.23. The van der Waals surface area contributed by atoms with Gasteiger partial charge < -0.3 is 10.2 Å². The zero-order chi connectivity index (χ0) is 25.0. The fraction of sp³-hybridized carbons (Fsp3) is 0.227. The first kappa shape index (κ1) is 23.3. The molecule has 13 nitrogen and oxygen atoms in total. The van der Waals surface area contributed by atoms with Crippen molar-refractivity contribution in [1.29, 1.82) is 0 Å². The molecule has 4 heterocycles. The number of piperidine rings is 1. The summed E-state index contributed by atoms with van der Waals surface area (Å²) in [7, 11) is -3.85. The van der Waals surface area contributed by atoms with E-state index in [1.54, 1.807) is 30.6 Å². The van der Waals surface area contributed by atoms with Crippen molar-refractivity contribution in [3.05, 3.63) is 67.5 Å². The number of carbonyl (C=O) groups is 1. The lowest BCUT2D eigenvalue weighted by Gasteiger charge is -2.32. The number of aromatic nitrogens is 7. The van der Waals surface area contributed by atoms with E-state index in [-0.39, 0.29) is 22.7 Å². The van der Waals surface area contributed by atoms with Crippen LogP contribution in [0.2, 0.25) is 0 Å². The van der Waals surface area contributed by atoms with Crippen LogP contribution >= 0.6 is 0 Å². The van der Waals surface area contributed by atoms with Gasteiger partial charge in [-0.3, -0.25) is 4.79 Å². The van der Waals surface area contributed by atoms with Gasteiger partial charge in [-0.2, -0.15) is 5.10 Å². The van der Waals surface area contributed by atoms with Gasteiger partial charge in [0.15, 0.2) is 11.6 Å². The predicted octanol–water partition coefficient (Wildman–Crippen LogP) is 1.50. The molecule has 36 heavy (non-hydrogen) atoms. The average molecular weight is 507 g/mol. The van der Waals surface area contributed by atoms with Gasteiger partial charge in [-0.15, -0.1) is 10.2 Å². The molecule has 1 aliphatic heterocycles. The Morgan fingerprint density at radius 3 is 2.44 bits per heavy atom. The largest absolute Gasteiger partial charge is 0.354 e. The monoisotopic (exact) mass is 506 g/mol. The van der Waals surface area contributed by atoms with Gasteiger partial charge in [0.2, 0.25) is 11.9 Å². The van der Waals surface area contributed by atoms with Crippen molar-refractivity contribution in [2.24, 2.45) is 5.92 Å². The molecule has 184 valence electrons. The lowest BCUT2D eigenvalue weighted by Crippen LogP contribution is -2.41. The minimum atomic E-state index is -3.85. The second kappa shape index (κ2) is 10.0. The molecule has 2 N–H and O–H groups in total. The normalized spacial score (nSPS) is 15.9. The summed E-state index contributed by atoms with van der Waals surface area (Å²) in [5, 5.41) is 15.4. The second-order valence-electron chi connectivity index (χ2n) is 8.07. The van der Waals surface area contributed by atoms with Gasteiger partial charge >= 0.3 is 0 Å². The van der Waals surface area contributed by atoms with E-state index in [4.69, 9.17) is 0 Å². The number of nitrogens with zero attached hydrogens (tertiary/aromatic N) is 8. The number of rotatable bonds is 7. The molecule has 1 fully saturated rings. The highest BCUT2D eigenvalue weighted by Gasteiger charge is 2.27. The Hall–Kier alpha value is -4.46. The van der Waals surface area contributed by atoms with Crippen molar-refractivity contribution in [3.63, 3.8) is 0 Å². The van der Waals surface area contributed by atoms with Crippen LogP contribution in [-0.2, 0) is 14.8 Å². The van der Waals surface area contributed by atoms with Gasteiger partial charge in [0.25, 0.3) is 10.0 Å². The zero-order valence-electron chi connectivity index (χ0n) is 19.0. The van der Waals surface area contributed by atoms with Crippen molar-refractivity contribution in [2.75, 3.05) is 28.0 Å². The number of hydrogen-bond acceptors (Lipinski definition) is 10. The first-order chi connectivity index (χ1) is 17.5.